The molecule has 3 nitrogen and oxygen atoms in total. The van der Waals surface area contributed by atoms with E-state index in [-0.39, 0.29) is 18.3 Å². The number of halogens is 1. The van der Waals surface area contributed by atoms with Crippen molar-refractivity contribution in [3.63, 3.8) is 0 Å². The molecular weight excluding hydrogens is 224 g/mol. The van der Waals surface area contributed by atoms with Crippen molar-refractivity contribution >= 4 is 24.0 Å². The van der Waals surface area contributed by atoms with Crippen LogP contribution in [0.1, 0.15) is 18.4 Å². The molecule has 0 saturated carbocycles. The first-order chi connectivity index (χ1) is 7.25. The van der Waals surface area contributed by atoms with Gasteiger partial charge in [-0.25, -0.2) is 0 Å². The summed E-state index contributed by atoms with van der Waals surface area (Å²) >= 11 is 0. The summed E-state index contributed by atoms with van der Waals surface area (Å²) in [5.41, 5.74) is 7.39. The third-order valence-corrected chi connectivity index (χ3v) is 2.77. The van der Waals surface area contributed by atoms with E-state index in [2.05, 4.69) is 0 Å². The van der Waals surface area contributed by atoms with Gasteiger partial charge in [-0.2, -0.15) is 0 Å². The number of anilines is 1. The Bertz CT molecular complexity index is 362. The number of carbonyl (C=O) groups excluding carboxylic acids is 1. The second-order valence-corrected chi connectivity index (χ2v) is 4.01. The van der Waals surface area contributed by atoms with Crippen molar-refractivity contribution in [2.24, 2.45) is 0 Å². The van der Waals surface area contributed by atoms with Crippen molar-refractivity contribution < 1.29 is 4.79 Å². The maximum absolute atomic E-state index is 11.8. The van der Waals surface area contributed by atoms with Crippen LogP contribution in [0.5, 0.6) is 0 Å². The molecule has 1 amide bonds. The van der Waals surface area contributed by atoms with Gasteiger partial charge in [0.25, 0.3) is 0 Å². The third kappa shape index (κ3) is 3.14. The van der Waals surface area contributed by atoms with Crippen molar-refractivity contribution in [3.05, 3.63) is 29.8 Å². The van der Waals surface area contributed by atoms with E-state index in [9.17, 15) is 4.79 Å². The van der Waals surface area contributed by atoms with Gasteiger partial charge in [0, 0.05) is 18.8 Å². The fourth-order valence-corrected chi connectivity index (χ4v) is 1.96. The Kier molecular flexibility index (Phi) is 4.62. The minimum absolute atomic E-state index is 0. The average Bonchev–Trinajstić information content (AvgIpc) is 2.70. The lowest BCUT2D eigenvalue weighted by Gasteiger charge is -2.15. The Morgan fingerprint density at radius 2 is 2.00 bits per heavy atom. The van der Waals surface area contributed by atoms with Crippen LogP contribution in [-0.4, -0.2) is 23.9 Å². The predicted octanol–water partition coefficient (Wildman–Crippen LogP) is 1.86. The Labute approximate surface area is 102 Å². The second kappa shape index (κ2) is 5.75. The van der Waals surface area contributed by atoms with Gasteiger partial charge in [0.1, 0.15) is 0 Å². The van der Waals surface area contributed by atoms with Gasteiger partial charge in [-0.1, -0.05) is 12.1 Å². The van der Waals surface area contributed by atoms with Crippen molar-refractivity contribution in [1.29, 1.82) is 0 Å². The molecular formula is C12H17ClN2O. The predicted molar refractivity (Wildman–Crippen MR) is 67.6 cm³/mol. The van der Waals surface area contributed by atoms with Crippen molar-refractivity contribution in [2.75, 3.05) is 18.8 Å². The first kappa shape index (κ1) is 12.8. The maximum atomic E-state index is 11.8. The zero-order valence-corrected chi connectivity index (χ0v) is 10.0. The second-order valence-electron chi connectivity index (χ2n) is 4.01. The molecule has 1 aliphatic heterocycles. The molecule has 1 aliphatic rings. The first-order valence-electron chi connectivity index (χ1n) is 5.38. The zero-order valence-electron chi connectivity index (χ0n) is 9.19. The Morgan fingerprint density at radius 1 is 1.31 bits per heavy atom. The molecule has 0 aromatic heterocycles. The minimum atomic E-state index is 0. The number of carbonyl (C=O) groups is 1. The minimum Gasteiger partial charge on any atom is -0.399 e. The average molecular weight is 241 g/mol. The summed E-state index contributed by atoms with van der Waals surface area (Å²) in [5, 5.41) is 0. The highest BCUT2D eigenvalue weighted by Crippen LogP contribution is 2.12. The van der Waals surface area contributed by atoms with Gasteiger partial charge < -0.3 is 10.6 Å². The SMILES string of the molecule is Cl.Nc1cccc(CC(=O)N2CCCC2)c1. The molecule has 16 heavy (non-hydrogen) atoms. The largest absolute Gasteiger partial charge is 0.399 e. The molecule has 0 spiro atoms. The number of rotatable bonds is 2. The molecule has 2 N–H and O–H groups in total. The number of benzene rings is 1. The number of nitrogens with zero attached hydrogens (tertiary/aromatic N) is 1. The van der Waals surface area contributed by atoms with E-state index in [1.54, 1.807) is 0 Å². The topological polar surface area (TPSA) is 46.3 Å². The van der Waals surface area contributed by atoms with Crippen LogP contribution in [0.15, 0.2) is 24.3 Å². The number of nitrogen functional groups attached to an aromatic ring is 1. The molecule has 1 aromatic carbocycles. The molecule has 1 heterocycles. The Balaban J connectivity index is 0.00000128. The van der Waals surface area contributed by atoms with Crippen LogP contribution >= 0.6 is 12.4 Å². The highest BCUT2D eigenvalue weighted by Gasteiger charge is 2.17. The lowest BCUT2D eigenvalue weighted by Crippen LogP contribution is -2.29. The normalized spacial score (nSPS) is 14.6. The van der Waals surface area contributed by atoms with Crippen LogP contribution in [0, 0.1) is 0 Å². The van der Waals surface area contributed by atoms with Crippen LogP contribution in [0.4, 0.5) is 5.69 Å². The molecule has 1 aromatic rings. The van der Waals surface area contributed by atoms with E-state index in [0.717, 1.165) is 37.2 Å². The van der Waals surface area contributed by atoms with Crippen molar-refractivity contribution in [2.45, 2.75) is 19.3 Å². The van der Waals surface area contributed by atoms with Crippen LogP contribution in [0.3, 0.4) is 0 Å². The molecule has 0 bridgehead atoms. The third-order valence-electron chi connectivity index (χ3n) is 2.77. The molecule has 1 saturated heterocycles. The van der Waals surface area contributed by atoms with Gasteiger partial charge in [-0.3, -0.25) is 4.79 Å². The molecule has 0 aliphatic carbocycles. The van der Waals surface area contributed by atoms with Gasteiger partial charge in [0.2, 0.25) is 5.91 Å². The smallest absolute Gasteiger partial charge is 0.226 e. The molecule has 1 fully saturated rings. The Morgan fingerprint density at radius 3 is 2.62 bits per heavy atom. The van der Waals surface area contributed by atoms with Crippen LogP contribution in [-0.2, 0) is 11.2 Å². The van der Waals surface area contributed by atoms with E-state index >= 15 is 0 Å². The maximum Gasteiger partial charge on any atom is 0.226 e. The zero-order chi connectivity index (χ0) is 10.7. The molecule has 2 rings (SSSR count). The molecule has 88 valence electrons. The lowest BCUT2D eigenvalue weighted by molar-refractivity contribution is -0.129. The van der Waals surface area contributed by atoms with E-state index < -0.39 is 0 Å². The summed E-state index contributed by atoms with van der Waals surface area (Å²) in [6.07, 6.45) is 2.76. The number of hydrogen-bond acceptors (Lipinski definition) is 2. The van der Waals surface area contributed by atoms with Crippen molar-refractivity contribution in [3.8, 4) is 0 Å². The monoisotopic (exact) mass is 240 g/mol. The highest BCUT2D eigenvalue weighted by molar-refractivity contribution is 5.85. The quantitative estimate of drug-likeness (QED) is 0.802. The summed E-state index contributed by atoms with van der Waals surface area (Å²) in [6, 6.07) is 7.55. The van der Waals surface area contributed by atoms with E-state index in [1.807, 2.05) is 29.2 Å². The van der Waals surface area contributed by atoms with Gasteiger partial charge in [0.15, 0.2) is 0 Å². The number of amides is 1. The molecule has 0 atom stereocenters. The van der Waals surface area contributed by atoms with Crippen molar-refractivity contribution in [1.82, 2.24) is 4.90 Å². The number of nitrogens with two attached hydrogens (primary N) is 1. The molecule has 0 radical (unpaired) electrons. The van der Waals surface area contributed by atoms with E-state index in [4.69, 9.17) is 5.73 Å². The summed E-state index contributed by atoms with van der Waals surface area (Å²) < 4.78 is 0. The summed E-state index contributed by atoms with van der Waals surface area (Å²) in [4.78, 5) is 13.7. The lowest BCUT2D eigenvalue weighted by atomic mass is 10.1. The van der Waals surface area contributed by atoms with Gasteiger partial charge in [-0.05, 0) is 30.5 Å². The van der Waals surface area contributed by atoms with Gasteiger partial charge in [-0.15, -0.1) is 12.4 Å². The fraction of sp³-hybridized carbons (Fsp3) is 0.417. The van der Waals surface area contributed by atoms with E-state index in [1.165, 1.54) is 0 Å². The van der Waals surface area contributed by atoms with Crippen LogP contribution in [0.25, 0.3) is 0 Å². The summed E-state index contributed by atoms with van der Waals surface area (Å²) in [7, 11) is 0. The number of likely N-dealkylation sites (tertiary alicyclic amines) is 1. The number of hydrogen-bond donors (Lipinski definition) is 1. The van der Waals surface area contributed by atoms with E-state index in [0.29, 0.717) is 6.42 Å². The molecule has 4 heteroatoms. The van der Waals surface area contributed by atoms with Crippen LogP contribution < -0.4 is 5.73 Å². The first-order valence-corrected chi connectivity index (χ1v) is 5.38. The molecule has 0 unspecified atom stereocenters. The fourth-order valence-electron chi connectivity index (χ4n) is 1.96. The van der Waals surface area contributed by atoms with Gasteiger partial charge >= 0.3 is 0 Å². The van der Waals surface area contributed by atoms with Gasteiger partial charge in [0.05, 0.1) is 6.42 Å². The van der Waals surface area contributed by atoms with Crippen LogP contribution in [0.2, 0.25) is 0 Å². The standard InChI is InChI=1S/C12H16N2O.ClH/c13-11-5-3-4-10(8-11)9-12(15)14-6-1-2-7-14;/h3-5,8H,1-2,6-7,9,13H2;1H. The summed E-state index contributed by atoms with van der Waals surface area (Å²) in [5.74, 6) is 0.220. The summed E-state index contributed by atoms with van der Waals surface area (Å²) in [6.45, 7) is 1.84. The highest BCUT2D eigenvalue weighted by atomic mass is 35.5. The Hall–Kier alpha value is -1.22.